The molecular weight excluding hydrogens is 322 g/mol. The molecule has 7 nitrogen and oxygen atoms in total. The number of hydrogen-bond acceptors (Lipinski definition) is 4. The molecule has 1 saturated heterocycles. The third-order valence-electron chi connectivity index (χ3n) is 3.50. The molecule has 1 heterocycles. The molecule has 2 rings (SSSR count). The summed E-state index contributed by atoms with van der Waals surface area (Å²) in [5, 5.41) is 5.38. The van der Waals surface area contributed by atoms with Gasteiger partial charge in [-0.3, -0.25) is 14.5 Å². The molecule has 25 heavy (non-hydrogen) atoms. The molecule has 1 aromatic carbocycles. The Kier molecular flexibility index (Phi) is 6.84. The van der Waals surface area contributed by atoms with E-state index in [0.717, 1.165) is 11.3 Å². The van der Waals surface area contributed by atoms with Gasteiger partial charge < -0.3 is 15.4 Å². The van der Waals surface area contributed by atoms with Crippen LogP contribution in [-0.4, -0.2) is 44.1 Å². The first-order valence-electron chi connectivity index (χ1n) is 8.16. The molecule has 0 atom stereocenters. The number of nitrogens with zero attached hydrogens (tertiary/aromatic N) is 1. The Balaban J connectivity index is 1.75. The van der Waals surface area contributed by atoms with Crippen molar-refractivity contribution in [1.29, 1.82) is 0 Å². The number of carbonyl (C=O) groups is 3. The van der Waals surface area contributed by atoms with Gasteiger partial charge in [-0.25, -0.2) is 4.79 Å². The quantitative estimate of drug-likeness (QED) is 0.596. The average molecular weight is 343 g/mol. The molecule has 0 aliphatic carbocycles. The highest BCUT2D eigenvalue weighted by Crippen LogP contribution is 2.16. The van der Waals surface area contributed by atoms with Gasteiger partial charge in [0.25, 0.3) is 0 Å². The third kappa shape index (κ3) is 5.84. The number of hydrogen-bond donors (Lipinski definition) is 2. The maximum absolute atomic E-state index is 11.6. The number of rotatable bonds is 6. The van der Waals surface area contributed by atoms with Crippen molar-refractivity contribution < 1.29 is 19.1 Å². The van der Waals surface area contributed by atoms with Gasteiger partial charge in [0.05, 0.1) is 19.6 Å². The minimum absolute atomic E-state index is 0.0681. The van der Waals surface area contributed by atoms with E-state index < -0.39 is 0 Å². The second kappa shape index (κ2) is 9.33. The van der Waals surface area contributed by atoms with Gasteiger partial charge in [-0.1, -0.05) is 11.8 Å². The van der Waals surface area contributed by atoms with E-state index in [1.54, 1.807) is 11.8 Å². The highest BCUT2D eigenvalue weighted by Gasteiger charge is 2.20. The Morgan fingerprint density at radius 3 is 2.68 bits per heavy atom. The van der Waals surface area contributed by atoms with Gasteiger partial charge in [0.1, 0.15) is 0 Å². The van der Waals surface area contributed by atoms with Crippen LogP contribution in [0.2, 0.25) is 0 Å². The number of amides is 3. The number of benzene rings is 1. The van der Waals surface area contributed by atoms with Crippen molar-refractivity contribution in [2.24, 2.45) is 0 Å². The van der Waals surface area contributed by atoms with Crippen LogP contribution in [0.3, 0.4) is 0 Å². The lowest BCUT2D eigenvalue weighted by atomic mass is 10.2. The van der Waals surface area contributed by atoms with Crippen LogP contribution < -0.4 is 15.5 Å². The van der Waals surface area contributed by atoms with Gasteiger partial charge in [0.15, 0.2) is 0 Å². The zero-order valence-corrected chi connectivity index (χ0v) is 14.1. The molecule has 2 N–H and O–H groups in total. The predicted molar refractivity (Wildman–Crippen MR) is 92.9 cm³/mol. The fraction of sp³-hybridized carbons (Fsp3) is 0.389. The Bertz CT molecular complexity index is 689. The van der Waals surface area contributed by atoms with E-state index in [1.165, 1.54) is 0 Å². The minimum atomic E-state index is -0.379. The molecule has 1 aliphatic rings. The van der Waals surface area contributed by atoms with Gasteiger partial charge in [-0.15, -0.1) is 0 Å². The second-order valence-corrected chi connectivity index (χ2v) is 5.31. The Morgan fingerprint density at radius 1 is 1.28 bits per heavy atom. The van der Waals surface area contributed by atoms with Crippen molar-refractivity contribution in [1.82, 2.24) is 10.6 Å². The topological polar surface area (TPSA) is 87.7 Å². The molecule has 0 radical (unpaired) electrons. The number of esters is 1. The summed E-state index contributed by atoms with van der Waals surface area (Å²) in [4.78, 5) is 36.0. The first-order valence-corrected chi connectivity index (χ1v) is 8.16. The number of carbonyl (C=O) groups excluding carboxylic acids is 3. The van der Waals surface area contributed by atoms with E-state index in [1.807, 2.05) is 24.3 Å². The number of urea groups is 1. The molecule has 1 aliphatic heterocycles. The van der Waals surface area contributed by atoms with Crippen LogP contribution in [-0.2, 0) is 14.3 Å². The predicted octanol–water partition coefficient (Wildman–Crippen LogP) is 1.03. The molecule has 0 saturated carbocycles. The van der Waals surface area contributed by atoms with Gasteiger partial charge >= 0.3 is 12.0 Å². The molecule has 132 valence electrons. The number of anilines is 1. The molecular formula is C18H21N3O4. The fourth-order valence-electron chi connectivity index (χ4n) is 2.27. The highest BCUT2D eigenvalue weighted by atomic mass is 16.5. The van der Waals surface area contributed by atoms with E-state index >= 15 is 0 Å². The summed E-state index contributed by atoms with van der Waals surface area (Å²) in [6.07, 6.45) is 0.158. The fourth-order valence-corrected chi connectivity index (χ4v) is 2.27. The lowest BCUT2D eigenvalue weighted by Crippen LogP contribution is -2.27. The van der Waals surface area contributed by atoms with Crippen molar-refractivity contribution in [3.05, 3.63) is 29.8 Å². The molecule has 1 aromatic rings. The van der Waals surface area contributed by atoms with Crippen molar-refractivity contribution in [2.45, 2.75) is 19.8 Å². The van der Waals surface area contributed by atoms with Crippen LogP contribution >= 0.6 is 0 Å². The summed E-state index contributed by atoms with van der Waals surface area (Å²) in [6.45, 7) is 3.54. The Labute approximate surface area is 146 Å². The average Bonchev–Trinajstić information content (AvgIpc) is 3.04. The summed E-state index contributed by atoms with van der Waals surface area (Å²) in [6, 6.07) is 7.25. The van der Waals surface area contributed by atoms with Crippen molar-refractivity contribution in [3.63, 3.8) is 0 Å². The summed E-state index contributed by atoms with van der Waals surface area (Å²) in [7, 11) is 0. The number of nitrogens with one attached hydrogen (secondary N) is 2. The second-order valence-electron chi connectivity index (χ2n) is 5.31. The largest absolute Gasteiger partial charge is 0.466 e. The van der Waals surface area contributed by atoms with Crippen LogP contribution in [0, 0.1) is 11.8 Å². The maximum Gasteiger partial charge on any atom is 0.321 e. The van der Waals surface area contributed by atoms with E-state index in [2.05, 4.69) is 22.5 Å². The molecule has 0 unspecified atom stereocenters. The standard InChI is InChI=1S/C18H21N3O4/c1-2-25-17(23)10-9-16(22)19-11-3-4-14-5-7-15(8-6-14)21-13-12-20-18(21)24/h5-8H,2,9-13H2,1H3,(H,19,22)(H,20,24). The van der Waals surface area contributed by atoms with E-state index in [-0.39, 0.29) is 37.3 Å². The number of ether oxygens (including phenoxy) is 1. The molecule has 0 bridgehead atoms. The first-order chi connectivity index (χ1) is 12.1. The molecule has 3 amide bonds. The van der Waals surface area contributed by atoms with Crippen LogP contribution in [0.1, 0.15) is 25.3 Å². The summed E-state index contributed by atoms with van der Waals surface area (Å²) in [5.41, 5.74) is 1.62. The van der Waals surface area contributed by atoms with Gasteiger partial charge in [0, 0.05) is 30.8 Å². The SMILES string of the molecule is CCOC(=O)CCC(=O)NCC#Cc1ccc(N2CCNC2=O)cc1. The van der Waals surface area contributed by atoms with Gasteiger partial charge in [0.2, 0.25) is 5.91 Å². The van der Waals surface area contributed by atoms with Crippen LogP contribution in [0.5, 0.6) is 0 Å². The molecule has 1 fully saturated rings. The smallest absolute Gasteiger partial charge is 0.321 e. The van der Waals surface area contributed by atoms with E-state index in [0.29, 0.717) is 19.7 Å². The zero-order valence-electron chi connectivity index (χ0n) is 14.1. The maximum atomic E-state index is 11.6. The lowest BCUT2D eigenvalue weighted by molar-refractivity contribution is -0.144. The minimum Gasteiger partial charge on any atom is -0.466 e. The summed E-state index contributed by atoms with van der Waals surface area (Å²) >= 11 is 0. The van der Waals surface area contributed by atoms with Crippen molar-refractivity contribution in [2.75, 3.05) is 31.1 Å². The molecule has 0 aromatic heterocycles. The van der Waals surface area contributed by atoms with Gasteiger partial charge in [-0.05, 0) is 31.2 Å². The van der Waals surface area contributed by atoms with Crippen LogP contribution in [0.15, 0.2) is 24.3 Å². The normalized spacial score (nSPS) is 12.8. The molecule has 7 heteroatoms. The first kappa shape index (κ1) is 18.3. The van der Waals surface area contributed by atoms with Crippen molar-refractivity contribution >= 4 is 23.6 Å². The lowest BCUT2D eigenvalue weighted by Gasteiger charge is -2.13. The summed E-state index contributed by atoms with van der Waals surface area (Å²) in [5.74, 6) is 5.17. The summed E-state index contributed by atoms with van der Waals surface area (Å²) < 4.78 is 4.75. The van der Waals surface area contributed by atoms with Crippen molar-refractivity contribution in [3.8, 4) is 11.8 Å². The van der Waals surface area contributed by atoms with Crippen LogP contribution in [0.25, 0.3) is 0 Å². The monoisotopic (exact) mass is 343 g/mol. The van der Waals surface area contributed by atoms with Gasteiger partial charge in [-0.2, -0.15) is 0 Å². The van der Waals surface area contributed by atoms with E-state index in [9.17, 15) is 14.4 Å². The Hall–Kier alpha value is -3.01. The Morgan fingerprint density at radius 2 is 2.04 bits per heavy atom. The van der Waals surface area contributed by atoms with Crippen LogP contribution in [0.4, 0.5) is 10.5 Å². The zero-order chi connectivity index (χ0) is 18.1. The molecule has 0 spiro atoms. The van der Waals surface area contributed by atoms with E-state index in [4.69, 9.17) is 4.74 Å². The highest BCUT2D eigenvalue weighted by molar-refractivity contribution is 5.94. The third-order valence-corrected chi connectivity index (χ3v) is 3.50.